The maximum absolute atomic E-state index is 12.2. The first-order chi connectivity index (χ1) is 7.13. The summed E-state index contributed by atoms with van der Waals surface area (Å²) in [5.41, 5.74) is 0. The fourth-order valence-electron chi connectivity index (χ4n) is 0.768. The first-order valence-corrected chi connectivity index (χ1v) is 4.56. The highest BCUT2D eigenvalue weighted by molar-refractivity contribution is 4.99. The van der Waals surface area contributed by atoms with E-state index in [0.717, 1.165) is 0 Å². The highest BCUT2D eigenvalue weighted by Crippen LogP contribution is 2.15. The van der Waals surface area contributed by atoms with E-state index < -0.39 is 17.9 Å². The van der Waals surface area contributed by atoms with Crippen molar-refractivity contribution in [1.82, 2.24) is 0 Å². The molecule has 15 heavy (non-hydrogen) atoms. The van der Waals surface area contributed by atoms with Crippen LogP contribution in [0.2, 0.25) is 0 Å². The van der Waals surface area contributed by atoms with Crippen LogP contribution in [0.25, 0.3) is 0 Å². The molecule has 0 aromatic heterocycles. The third kappa shape index (κ3) is 6.38. The van der Waals surface area contributed by atoms with Gasteiger partial charge in [-0.2, -0.15) is 8.78 Å². The van der Waals surface area contributed by atoms with Crippen molar-refractivity contribution in [1.29, 1.82) is 0 Å². The molecule has 0 rings (SSSR count). The number of rotatable bonds is 8. The summed E-state index contributed by atoms with van der Waals surface area (Å²) in [5, 5.41) is 9.15. The second-order valence-electron chi connectivity index (χ2n) is 2.71. The van der Waals surface area contributed by atoms with Crippen LogP contribution in [0.4, 0.5) is 8.78 Å². The van der Waals surface area contributed by atoms with E-state index in [9.17, 15) is 8.78 Å². The van der Waals surface area contributed by atoms with E-state index in [2.05, 4.69) is 9.47 Å². The van der Waals surface area contributed by atoms with Crippen LogP contribution in [-0.4, -0.2) is 38.3 Å². The largest absolute Gasteiger partial charge is 0.463 e. The molecule has 4 nitrogen and oxygen atoms in total. The van der Waals surface area contributed by atoms with Crippen LogP contribution in [0.15, 0.2) is 11.8 Å². The fourth-order valence-corrected chi connectivity index (χ4v) is 0.768. The summed E-state index contributed by atoms with van der Waals surface area (Å²) in [7, 11) is 1.50. The van der Waals surface area contributed by atoms with E-state index in [4.69, 9.17) is 9.84 Å². The molecule has 0 aliphatic heterocycles. The van der Waals surface area contributed by atoms with Crippen LogP contribution in [0.1, 0.15) is 13.3 Å². The van der Waals surface area contributed by atoms with Crippen LogP contribution in [0.5, 0.6) is 0 Å². The Morgan fingerprint density at radius 2 is 2.00 bits per heavy atom. The molecule has 0 spiro atoms. The van der Waals surface area contributed by atoms with Gasteiger partial charge in [0.2, 0.25) is 0 Å². The standard InChI is InChI=1S/C9H16F2O4/c1-3-7(12)8(9(10)11)15-6-14-5-4-13-2/h7,12H,3-6H2,1-2H3. The third-order valence-corrected chi connectivity index (χ3v) is 1.61. The number of aliphatic hydroxyl groups is 1. The highest BCUT2D eigenvalue weighted by Gasteiger charge is 2.16. The number of hydrogen-bond acceptors (Lipinski definition) is 4. The van der Waals surface area contributed by atoms with Gasteiger partial charge in [-0.25, -0.2) is 0 Å². The molecule has 0 radical (unpaired) electrons. The molecular weight excluding hydrogens is 210 g/mol. The Morgan fingerprint density at radius 1 is 1.33 bits per heavy atom. The number of ether oxygens (including phenoxy) is 3. The predicted octanol–water partition coefficient (Wildman–Crippen LogP) is 1.50. The summed E-state index contributed by atoms with van der Waals surface area (Å²) >= 11 is 0. The molecule has 1 unspecified atom stereocenters. The van der Waals surface area contributed by atoms with Gasteiger partial charge in [-0.3, -0.25) is 0 Å². The van der Waals surface area contributed by atoms with Gasteiger partial charge in [-0.15, -0.1) is 0 Å². The summed E-state index contributed by atoms with van der Waals surface area (Å²) < 4.78 is 38.6. The maximum Gasteiger partial charge on any atom is 0.310 e. The minimum absolute atomic E-state index is 0.157. The van der Waals surface area contributed by atoms with Gasteiger partial charge in [-0.05, 0) is 6.42 Å². The molecule has 0 bridgehead atoms. The smallest absolute Gasteiger partial charge is 0.310 e. The molecule has 0 saturated heterocycles. The van der Waals surface area contributed by atoms with Gasteiger partial charge in [0.1, 0.15) is 6.10 Å². The lowest BCUT2D eigenvalue weighted by molar-refractivity contribution is -0.0594. The summed E-state index contributed by atoms with van der Waals surface area (Å²) in [6.45, 7) is 1.85. The summed E-state index contributed by atoms with van der Waals surface area (Å²) in [6.07, 6.45) is -3.16. The normalized spacial score (nSPS) is 12.3. The topological polar surface area (TPSA) is 47.9 Å². The Kier molecular flexibility index (Phi) is 8.17. The molecule has 0 heterocycles. The first-order valence-electron chi connectivity index (χ1n) is 4.56. The average Bonchev–Trinajstić information content (AvgIpc) is 2.22. The van der Waals surface area contributed by atoms with Crippen LogP contribution in [0, 0.1) is 0 Å². The molecule has 0 aliphatic carbocycles. The molecule has 1 atom stereocenters. The minimum atomic E-state index is -2.03. The van der Waals surface area contributed by atoms with Gasteiger partial charge < -0.3 is 19.3 Å². The van der Waals surface area contributed by atoms with Crippen molar-refractivity contribution in [2.24, 2.45) is 0 Å². The van der Waals surface area contributed by atoms with Crippen molar-refractivity contribution in [3.8, 4) is 0 Å². The van der Waals surface area contributed by atoms with Crippen LogP contribution in [-0.2, 0) is 14.2 Å². The van der Waals surface area contributed by atoms with Crippen molar-refractivity contribution in [2.45, 2.75) is 19.4 Å². The van der Waals surface area contributed by atoms with E-state index >= 15 is 0 Å². The molecule has 90 valence electrons. The quantitative estimate of drug-likeness (QED) is 0.387. The van der Waals surface area contributed by atoms with E-state index in [1.807, 2.05) is 0 Å². The second-order valence-corrected chi connectivity index (χ2v) is 2.71. The lowest BCUT2D eigenvalue weighted by atomic mass is 10.2. The van der Waals surface area contributed by atoms with Crippen molar-refractivity contribution in [3.05, 3.63) is 11.8 Å². The van der Waals surface area contributed by atoms with Crippen LogP contribution in [0.3, 0.4) is 0 Å². The predicted molar refractivity (Wildman–Crippen MR) is 49.3 cm³/mol. The van der Waals surface area contributed by atoms with Gasteiger partial charge in [0.15, 0.2) is 12.6 Å². The van der Waals surface area contributed by atoms with Crippen molar-refractivity contribution in [3.63, 3.8) is 0 Å². The van der Waals surface area contributed by atoms with Crippen LogP contribution >= 0.6 is 0 Å². The van der Waals surface area contributed by atoms with E-state index in [0.29, 0.717) is 6.61 Å². The van der Waals surface area contributed by atoms with Gasteiger partial charge in [0, 0.05) is 7.11 Å². The third-order valence-electron chi connectivity index (χ3n) is 1.61. The van der Waals surface area contributed by atoms with E-state index in [-0.39, 0.29) is 19.8 Å². The maximum atomic E-state index is 12.2. The first kappa shape index (κ1) is 14.3. The van der Waals surface area contributed by atoms with Crippen molar-refractivity contribution >= 4 is 0 Å². The van der Waals surface area contributed by atoms with E-state index in [1.165, 1.54) is 7.11 Å². The highest BCUT2D eigenvalue weighted by atomic mass is 19.3. The molecule has 1 N–H and O–H groups in total. The number of hydrogen-bond donors (Lipinski definition) is 1. The Hall–Kier alpha value is -0.720. The van der Waals surface area contributed by atoms with Crippen molar-refractivity contribution in [2.75, 3.05) is 27.1 Å². The molecule has 6 heteroatoms. The molecule has 0 amide bonds. The van der Waals surface area contributed by atoms with Gasteiger partial charge in [0.25, 0.3) is 0 Å². The molecule has 0 aliphatic rings. The summed E-state index contributed by atoms with van der Waals surface area (Å²) in [6, 6.07) is 0. The number of halogens is 2. The van der Waals surface area contributed by atoms with Gasteiger partial charge >= 0.3 is 6.08 Å². The zero-order chi connectivity index (χ0) is 11.7. The van der Waals surface area contributed by atoms with E-state index in [1.54, 1.807) is 6.92 Å². The Bertz CT molecular complexity index is 193. The zero-order valence-corrected chi connectivity index (χ0v) is 8.83. The second kappa shape index (κ2) is 8.58. The lowest BCUT2D eigenvalue weighted by Gasteiger charge is -2.13. The molecular formula is C9H16F2O4. The monoisotopic (exact) mass is 226 g/mol. The Labute approximate surface area is 87.4 Å². The number of aliphatic hydroxyl groups excluding tert-OH is 1. The van der Waals surface area contributed by atoms with Gasteiger partial charge in [0.05, 0.1) is 13.2 Å². The summed E-state index contributed by atoms with van der Waals surface area (Å²) in [4.78, 5) is 0. The zero-order valence-electron chi connectivity index (χ0n) is 8.83. The lowest BCUT2D eigenvalue weighted by Crippen LogP contribution is -2.15. The molecule has 0 aromatic carbocycles. The Balaban J connectivity index is 3.84. The fraction of sp³-hybridized carbons (Fsp3) is 0.778. The summed E-state index contributed by atoms with van der Waals surface area (Å²) in [5.74, 6) is -0.727. The number of methoxy groups -OCH3 is 1. The SMILES string of the molecule is CCC(O)C(OCOCCOC)=C(F)F. The van der Waals surface area contributed by atoms with Gasteiger partial charge in [-0.1, -0.05) is 6.92 Å². The minimum Gasteiger partial charge on any atom is -0.463 e. The molecule has 0 fully saturated rings. The Morgan fingerprint density at radius 3 is 2.47 bits per heavy atom. The van der Waals surface area contributed by atoms with Crippen LogP contribution < -0.4 is 0 Å². The average molecular weight is 226 g/mol. The van der Waals surface area contributed by atoms with Crippen molar-refractivity contribution < 1.29 is 28.1 Å². The molecule has 0 saturated carbocycles. The molecule has 0 aromatic rings.